The van der Waals surface area contributed by atoms with Gasteiger partial charge >= 0.3 is 5.97 Å². The molecule has 90 valence electrons. The first-order valence-electron chi connectivity index (χ1n) is 4.64. The van der Waals surface area contributed by atoms with Crippen LogP contribution in [0, 0.1) is 0 Å². The van der Waals surface area contributed by atoms with Gasteiger partial charge in [-0.2, -0.15) is 8.42 Å². The molecule has 0 amide bonds. The topological polar surface area (TPSA) is 97.7 Å². The predicted octanol–water partition coefficient (Wildman–Crippen LogP) is 0.157. The number of nitrogens with one attached hydrogen (secondary N) is 1. The van der Waals surface area contributed by atoms with Gasteiger partial charge in [-0.05, 0) is 6.07 Å². The van der Waals surface area contributed by atoms with E-state index >= 15 is 0 Å². The smallest absolute Gasteiger partial charge is 0.313 e. The Bertz CT molecular complexity index is 594. The summed E-state index contributed by atoms with van der Waals surface area (Å²) in [6, 6.07) is 1.50. The second kappa shape index (κ2) is 4.13. The third-order valence-electron chi connectivity index (χ3n) is 2.11. The highest BCUT2D eigenvalue weighted by atomic mass is 32.2. The van der Waals surface area contributed by atoms with Crippen LogP contribution in [0.3, 0.4) is 0 Å². The van der Waals surface area contributed by atoms with Crippen molar-refractivity contribution >= 4 is 27.5 Å². The van der Waals surface area contributed by atoms with Gasteiger partial charge in [0.1, 0.15) is 17.2 Å². The zero-order valence-corrected chi connectivity index (χ0v) is 9.69. The van der Waals surface area contributed by atoms with Crippen LogP contribution in [0.2, 0.25) is 0 Å². The third kappa shape index (κ3) is 2.26. The first kappa shape index (κ1) is 11.5. The van der Waals surface area contributed by atoms with Crippen molar-refractivity contribution in [2.75, 3.05) is 12.4 Å². The van der Waals surface area contributed by atoms with E-state index in [9.17, 15) is 13.2 Å². The van der Waals surface area contributed by atoms with Gasteiger partial charge in [-0.3, -0.25) is 9.78 Å². The quantitative estimate of drug-likeness (QED) is 0.756. The molecular formula is C9H9N3O4S. The monoisotopic (exact) mass is 255 g/mol. The van der Waals surface area contributed by atoms with E-state index < -0.39 is 16.0 Å². The molecule has 1 aliphatic rings. The number of methoxy groups -OCH3 is 1. The number of carbonyl (C=O) groups excluding carboxylic acids is 1. The summed E-state index contributed by atoms with van der Waals surface area (Å²) in [5.41, 5.74) is 0.355. The summed E-state index contributed by atoms with van der Waals surface area (Å²) in [6.07, 6.45) is 2.43. The van der Waals surface area contributed by atoms with Gasteiger partial charge < -0.3 is 10.1 Å². The van der Waals surface area contributed by atoms with Crippen molar-refractivity contribution in [2.45, 2.75) is 11.3 Å². The zero-order valence-electron chi connectivity index (χ0n) is 8.87. The minimum Gasteiger partial charge on any atom is -0.469 e. The van der Waals surface area contributed by atoms with Crippen LogP contribution < -0.4 is 5.32 Å². The molecule has 0 radical (unpaired) electrons. The molecule has 2 rings (SSSR count). The van der Waals surface area contributed by atoms with E-state index in [-0.39, 0.29) is 17.2 Å². The first-order chi connectivity index (χ1) is 8.03. The van der Waals surface area contributed by atoms with Crippen LogP contribution in [-0.2, 0) is 19.6 Å². The zero-order chi connectivity index (χ0) is 12.5. The second-order valence-corrected chi connectivity index (χ2v) is 4.84. The van der Waals surface area contributed by atoms with Gasteiger partial charge in [0.2, 0.25) is 0 Å². The standard InChI is InChI=1S/C9H9N3O4S/c1-16-9(13)4-8-11-6-2-3-10-5-7(6)17(14,15)12-8/h2-3,5H,4H2,1H3,(H,11,12). The Morgan fingerprint density at radius 2 is 2.29 bits per heavy atom. The van der Waals surface area contributed by atoms with Crippen LogP contribution in [0.25, 0.3) is 0 Å². The van der Waals surface area contributed by atoms with Crippen molar-refractivity contribution < 1.29 is 17.9 Å². The number of nitrogens with zero attached hydrogens (tertiary/aromatic N) is 2. The fraction of sp³-hybridized carbons (Fsp3) is 0.222. The highest BCUT2D eigenvalue weighted by molar-refractivity contribution is 7.90. The molecule has 7 nitrogen and oxygen atoms in total. The first-order valence-corrected chi connectivity index (χ1v) is 6.08. The van der Waals surface area contributed by atoms with Crippen LogP contribution in [0.4, 0.5) is 5.69 Å². The van der Waals surface area contributed by atoms with E-state index in [1.54, 1.807) is 0 Å². The van der Waals surface area contributed by atoms with E-state index in [2.05, 4.69) is 19.4 Å². The summed E-state index contributed by atoms with van der Waals surface area (Å²) < 4.78 is 31.4. The molecule has 17 heavy (non-hydrogen) atoms. The molecular weight excluding hydrogens is 246 g/mol. The number of fused-ring (bicyclic) bond motifs is 1. The molecule has 0 atom stereocenters. The van der Waals surface area contributed by atoms with Gasteiger partial charge in [-0.1, -0.05) is 0 Å². The average Bonchev–Trinajstić information content (AvgIpc) is 2.28. The third-order valence-corrected chi connectivity index (χ3v) is 3.45. The highest BCUT2D eigenvalue weighted by Gasteiger charge is 2.25. The molecule has 0 bridgehead atoms. The molecule has 0 saturated carbocycles. The molecule has 8 heteroatoms. The number of sulfonamides is 1. The number of pyridine rings is 1. The van der Waals surface area contributed by atoms with Crippen LogP contribution in [0.1, 0.15) is 6.42 Å². The Balaban J connectivity index is 2.38. The molecule has 1 N–H and O–H groups in total. The van der Waals surface area contributed by atoms with Crippen molar-refractivity contribution in [3.05, 3.63) is 18.5 Å². The highest BCUT2D eigenvalue weighted by Crippen LogP contribution is 2.26. The fourth-order valence-electron chi connectivity index (χ4n) is 1.35. The number of aromatic nitrogens is 1. The number of anilines is 1. The number of ether oxygens (including phenoxy) is 1. The lowest BCUT2D eigenvalue weighted by Gasteiger charge is -2.16. The van der Waals surface area contributed by atoms with Crippen molar-refractivity contribution in [3.63, 3.8) is 0 Å². The fourth-order valence-corrected chi connectivity index (χ4v) is 2.44. The van der Waals surface area contributed by atoms with Crippen molar-refractivity contribution in [2.24, 2.45) is 4.40 Å². The Morgan fingerprint density at radius 1 is 1.53 bits per heavy atom. The van der Waals surface area contributed by atoms with E-state index in [0.29, 0.717) is 5.69 Å². The summed E-state index contributed by atoms with van der Waals surface area (Å²) in [5, 5.41) is 2.75. The SMILES string of the molecule is COC(=O)CC1=NS(=O)(=O)c2cnccc2N1. The Morgan fingerprint density at radius 3 is 3.00 bits per heavy atom. The van der Waals surface area contributed by atoms with Gasteiger partial charge in [0, 0.05) is 12.4 Å². The molecule has 0 saturated heterocycles. The number of rotatable bonds is 2. The van der Waals surface area contributed by atoms with Crippen LogP contribution in [0.5, 0.6) is 0 Å². The lowest BCUT2D eigenvalue weighted by Crippen LogP contribution is -2.24. The molecule has 0 aromatic carbocycles. The number of esters is 1. The molecule has 2 heterocycles. The Kier molecular flexibility index (Phi) is 2.80. The maximum absolute atomic E-state index is 11.7. The lowest BCUT2D eigenvalue weighted by molar-refractivity contribution is -0.139. The van der Waals surface area contributed by atoms with E-state index in [4.69, 9.17) is 0 Å². The lowest BCUT2D eigenvalue weighted by atomic mass is 10.3. The van der Waals surface area contributed by atoms with Gasteiger partial charge in [0.25, 0.3) is 10.0 Å². The summed E-state index contributed by atoms with van der Waals surface area (Å²) in [6.45, 7) is 0. The maximum atomic E-state index is 11.7. The normalized spacial score (nSPS) is 16.4. The second-order valence-electron chi connectivity index (χ2n) is 3.26. The Labute approximate surface area is 97.6 Å². The van der Waals surface area contributed by atoms with E-state index in [1.165, 1.54) is 25.6 Å². The molecule has 0 aliphatic carbocycles. The van der Waals surface area contributed by atoms with Gasteiger partial charge in [0.15, 0.2) is 0 Å². The summed E-state index contributed by atoms with van der Waals surface area (Å²) >= 11 is 0. The van der Waals surface area contributed by atoms with E-state index in [1.807, 2.05) is 0 Å². The summed E-state index contributed by atoms with van der Waals surface area (Å²) in [5.74, 6) is -0.528. The molecule has 0 unspecified atom stereocenters. The van der Waals surface area contributed by atoms with E-state index in [0.717, 1.165) is 0 Å². The number of carbonyl (C=O) groups is 1. The summed E-state index contributed by atoms with van der Waals surface area (Å²) in [4.78, 5) is 14.8. The molecule has 0 spiro atoms. The van der Waals surface area contributed by atoms with Gasteiger partial charge in [-0.15, -0.1) is 4.40 Å². The summed E-state index contributed by atoms with van der Waals surface area (Å²) in [7, 11) is -2.57. The van der Waals surface area contributed by atoms with Gasteiger partial charge in [-0.25, -0.2) is 0 Å². The van der Waals surface area contributed by atoms with Crippen LogP contribution in [-0.4, -0.2) is 32.3 Å². The Hall–Kier alpha value is -1.96. The minimum absolute atomic E-state index is 0.00591. The van der Waals surface area contributed by atoms with Crippen molar-refractivity contribution in [3.8, 4) is 0 Å². The average molecular weight is 255 g/mol. The van der Waals surface area contributed by atoms with Crippen molar-refractivity contribution in [1.82, 2.24) is 4.98 Å². The molecule has 1 aliphatic heterocycles. The molecule has 1 aromatic rings. The molecule has 1 aromatic heterocycles. The number of amidine groups is 1. The number of hydrogen-bond acceptors (Lipinski definition) is 6. The maximum Gasteiger partial charge on any atom is 0.313 e. The number of hydrogen-bond donors (Lipinski definition) is 1. The van der Waals surface area contributed by atoms with Gasteiger partial charge in [0.05, 0.1) is 12.8 Å². The molecule has 0 fully saturated rings. The van der Waals surface area contributed by atoms with Crippen LogP contribution in [0.15, 0.2) is 27.8 Å². The van der Waals surface area contributed by atoms with Crippen LogP contribution >= 0.6 is 0 Å². The largest absolute Gasteiger partial charge is 0.469 e. The minimum atomic E-state index is -3.79. The van der Waals surface area contributed by atoms with Crippen molar-refractivity contribution in [1.29, 1.82) is 0 Å². The predicted molar refractivity (Wildman–Crippen MR) is 59.1 cm³/mol.